The van der Waals surface area contributed by atoms with Crippen molar-refractivity contribution < 1.29 is 4.39 Å². The lowest BCUT2D eigenvalue weighted by molar-refractivity contribution is 0.628. The van der Waals surface area contributed by atoms with Gasteiger partial charge in [0.2, 0.25) is 0 Å². The number of pyridine rings is 1. The number of nitrogens with two attached hydrogens (primary N) is 2. The Hall–Kier alpha value is -1.94. The van der Waals surface area contributed by atoms with Gasteiger partial charge in [-0.15, -0.1) is 0 Å². The lowest BCUT2D eigenvalue weighted by atomic mass is 10.0. The molecule has 0 amide bonds. The zero-order valence-corrected chi connectivity index (χ0v) is 8.65. The van der Waals surface area contributed by atoms with Gasteiger partial charge >= 0.3 is 0 Å². The summed E-state index contributed by atoms with van der Waals surface area (Å²) in [6, 6.07) is 8.04. The summed E-state index contributed by atoms with van der Waals surface area (Å²) in [4.78, 5) is 3.98. The van der Waals surface area contributed by atoms with Crippen LogP contribution >= 0.6 is 0 Å². The Kier molecular flexibility index (Phi) is 2.83. The van der Waals surface area contributed by atoms with Crippen molar-refractivity contribution in [2.75, 3.05) is 5.73 Å². The van der Waals surface area contributed by atoms with E-state index in [9.17, 15) is 4.39 Å². The Morgan fingerprint density at radius 1 is 1.12 bits per heavy atom. The van der Waals surface area contributed by atoms with Crippen molar-refractivity contribution in [2.24, 2.45) is 5.73 Å². The normalized spacial score (nSPS) is 10.4. The third kappa shape index (κ3) is 1.87. The van der Waals surface area contributed by atoms with Gasteiger partial charge in [-0.05, 0) is 29.3 Å². The number of rotatable bonds is 2. The molecule has 0 bridgehead atoms. The molecule has 4 heteroatoms. The predicted octanol–water partition coefficient (Wildman–Crippen LogP) is 1.93. The second-order valence-electron chi connectivity index (χ2n) is 3.43. The van der Waals surface area contributed by atoms with E-state index in [1.807, 2.05) is 6.07 Å². The third-order valence-corrected chi connectivity index (χ3v) is 2.45. The van der Waals surface area contributed by atoms with Crippen molar-refractivity contribution >= 4 is 5.82 Å². The van der Waals surface area contributed by atoms with E-state index in [2.05, 4.69) is 4.98 Å². The van der Waals surface area contributed by atoms with Gasteiger partial charge in [-0.3, -0.25) is 0 Å². The SMILES string of the molecule is NCc1c(-c2ccc(F)cc2)ccnc1N. The van der Waals surface area contributed by atoms with E-state index in [0.29, 0.717) is 12.4 Å². The van der Waals surface area contributed by atoms with Gasteiger partial charge in [0.05, 0.1) is 0 Å². The van der Waals surface area contributed by atoms with E-state index < -0.39 is 0 Å². The Labute approximate surface area is 92.9 Å². The molecule has 0 spiro atoms. The van der Waals surface area contributed by atoms with Crippen LogP contribution in [-0.2, 0) is 6.54 Å². The highest BCUT2D eigenvalue weighted by Gasteiger charge is 2.07. The highest BCUT2D eigenvalue weighted by Crippen LogP contribution is 2.26. The standard InChI is InChI=1S/C12H12FN3/c13-9-3-1-8(2-4-9)10-5-6-16-12(15)11(10)7-14/h1-6H,7,14H2,(H2,15,16). The largest absolute Gasteiger partial charge is 0.383 e. The van der Waals surface area contributed by atoms with Crippen LogP contribution in [0, 0.1) is 5.82 Å². The molecule has 0 aliphatic carbocycles. The van der Waals surface area contributed by atoms with Crippen molar-refractivity contribution in [1.82, 2.24) is 4.98 Å². The number of halogens is 1. The van der Waals surface area contributed by atoms with Crippen molar-refractivity contribution in [1.29, 1.82) is 0 Å². The third-order valence-electron chi connectivity index (χ3n) is 2.45. The van der Waals surface area contributed by atoms with Crippen LogP contribution < -0.4 is 11.5 Å². The predicted molar refractivity (Wildman–Crippen MR) is 61.9 cm³/mol. The minimum Gasteiger partial charge on any atom is -0.383 e. The van der Waals surface area contributed by atoms with Crippen molar-refractivity contribution in [3.8, 4) is 11.1 Å². The molecular weight excluding hydrogens is 205 g/mol. The van der Waals surface area contributed by atoms with Crippen LogP contribution in [0.1, 0.15) is 5.56 Å². The van der Waals surface area contributed by atoms with Crippen molar-refractivity contribution in [3.05, 3.63) is 47.9 Å². The minimum atomic E-state index is -0.264. The zero-order valence-electron chi connectivity index (χ0n) is 8.65. The first-order valence-electron chi connectivity index (χ1n) is 4.91. The number of nitrogen functional groups attached to an aromatic ring is 1. The molecule has 82 valence electrons. The van der Waals surface area contributed by atoms with E-state index >= 15 is 0 Å². The molecule has 1 aromatic heterocycles. The number of aromatic nitrogens is 1. The fourth-order valence-electron chi connectivity index (χ4n) is 1.62. The molecule has 16 heavy (non-hydrogen) atoms. The molecule has 0 radical (unpaired) electrons. The molecule has 0 aliphatic heterocycles. The molecule has 0 atom stereocenters. The average molecular weight is 217 g/mol. The van der Waals surface area contributed by atoms with Gasteiger partial charge in [0.25, 0.3) is 0 Å². The maximum atomic E-state index is 12.8. The van der Waals surface area contributed by atoms with E-state index in [4.69, 9.17) is 11.5 Å². The maximum absolute atomic E-state index is 12.8. The average Bonchev–Trinajstić information content (AvgIpc) is 2.30. The highest BCUT2D eigenvalue weighted by molar-refractivity contribution is 5.71. The van der Waals surface area contributed by atoms with E-state index in [1.165, 1.54) is 12.1 Å². The molecule has 1 heterocycles. The van der Waals surface area contributed by atoms with Gasteiger partial charge < -0.3 is 11.5 Å². The molecule has 0 unspecified atom stereocenters. The number of anilines is 1. The van der Waals surface area contributed by atoms with Crippen LogP contribution in [0.15, 0.2) is 36.5 Å². The van der Waals surface area contributed by atoms with Crippen LogP contribution in [0.5, 0.6) is 0 Å². The summed E-state index contributed by atoms with van der Waals surface area (Å²) in [5, 5.41) is 0. The topological polar surface area (TPSA) is 64.9 Å². The quantitative estimate of drug-likeness (QED) is 0.807. The van der Waals surface area contributed by atoms with Crippen molar-refractivity contribution in [2.45, 2.75) is 6.54 Å². The highest BCUT2D eigenvalue weighted by atomic mass is 19.1. The summed E-state index contributed by atoms with van der Waals surface area (Å²) in [7, 11) is 0. The van der Waals surface area contributed by atoms with Gasteiger partial charge in [-0.25, -0.2) is 9.37 Å². The van der Waals surface area contributed by atoms with Crippen LogP contribution in [-0.4, -0.2) is 4.98 Å². The summed E-state index contributed by atoms with van der Waals surface area (Å²) >= 11 is 0. The first kappa shape index (κ1) is 10.6. The molecule has 0 saturated heterocycles. The Bertz CT molecular complexity index is 494. The smallest absolute Gasteiger partial charge is 0.128 e. The molecule has 2 rings (SSSR count). The van der Waals surface area contributed by atoms with Crippen LogP contribution in [0.2, 0.25) is 0 Å². The summed E-state index contributed by atoms with van der Waals surface area (Å²) in [5.41, 5.74) is 13.9. The maximum Gasteiger partial charge on any atom is 0.128 e. The fourth-order valence-corrected chi connectivity index (χ4v) is 1.62. The molecule has 0 fully saturated rings. The monoisotopic (exact) mass is 217 g/mol. The Morgan fingerprint density at radius 2 is 1.81 bits per heavy atom. The fraction of sp³-hybridized carbons (Fsp3) is 0.0833. The summed E-state index contributed by atoms with van der Waals surface area (Å²) in [5.74, 6) is 0.157. The molecule has 4 N–H and O–H groups in total. The van der Waals surface area contributed by atoms with Gasteiger partial charge in [0.1, 0.15) is 11.6 Å². The van der Waals surface area contributed by atoms with Gasteiger partial charge in [0.15, 0.2) is 0 Å². The Balaban J connectivity index is 2.55. The summed E-state index contributed by atoms with van der Waals surface area (Å²) in [6.07, 6.45) is 1.62. The number of hydrogen-bond acceptors (Lipinski definition) is 3. The number of hydrogen-bond donors (Lipinski definition) is 2. The number of nitrogens with zero attached hydrogens (tertiary/aromatic N) is 1. The van der Waals surface area contributed by atoms with Gasteiger partial charge in [0, 0.05) is 18.3 Å². The van der Waals surface area contributed by atoms with E-state index in [0.717, 1.165) is 16.7 Å². The second-order valence-corrected chi connectivity index (χ2v) is 3.43. The second kappa shape index (κ2) is 4.28. The lowest BCUT2D eigenvalue weighted by Crippen LogP contribution is -2.05. The van der Waals surface area contributed by atoms with Crippen LogP contribution in [0.3, 0.4) is 0 Å². The zero-order chi connectivity index (χ0) is 11.5. The van der Waals surface area contributed by atoms with E-state index in [1.54, 1.807) is 18.3 Å². The molecule has 0 saturated carbocycles. The first-order valence-corrected chi connectivity index (χ1v) is 4.91. The van der Waals surface area contributed by atoms with Gasteiger partial charge in [-0.1, -0.05) is 12.1 Å². The van der Waals surface area contributed by atoms with Crippen molar-refractivity contribution in [3.63, 3.8) is 0 Å². The summed E-state index contributed by atoms with van der Waals surface area (Å²) < 4.78 is 12.8. The lowest BCUT2D eigenvalue weighted by Gasteiger charge is -2.09. The van der Waals surface area contributed by atoms with Gasteiger partial charge in [-0.2, -0.15) is 0 Å². The molecule has 1 aromatic carbocycles. The van der Waals surface area contributed by atoms with E-state index in [-0.39, 0.29) is 5.82 Å². The molecule has 2 aromatic rings. The molecular formula is C12H12FN3. The minimum absolute atomic E-state index is 0.264. The van der Waals surface area contributed by atoms with Crippen LogP contribution in [0.25, 0.3) is 11.1 Å². The molecule has 3 nitrogen and oxygen atoms in total. The number of benzene rings is 1. The summed E-state index contributed by atoms with van der Waals surface area (Å²) in [6.45, 7) is 0.312. The van der Waals surface area contributed by atoms with Crippen LogP contribution in [0.4, 0.5) is 10.2 Å². The first-order chi connectivity index (χ1) is 7.72. The Morgan fingerprint density at radius 3 is 2.44 bits per heavy atom. The molecule has 0 aliphatic rings.